The summed E-state index contributed by atoms with van der Waals surface area (Å²) in [4.78, 5) is 0. The van der Waals surface area contributed by atoms with Crippen LogP contribution in [0.2, 0.25) is 0 Å². The molecule has 0 saturated carbocycles. The van der Waals surface area contributed by atoms with Crippen LogP contribution in [-0.2, 0) is 0 Å². The van der Waals surface area contributed by atoms with Gasteiger partial charge in [0.2, 0.25) is 0 Å². The summed E-state index contributed by atoms with van der Waals surface area (Å²) in [5, 5.41) is 8.59. The highest BCUT2D eigenvalue weighted by Gasteiger charge is 2.01. The predicted molar refractivity (Wildman–Crippen MR) is 90.8 cm³/mol. The zero-order valence-corrected chi connectivity index (χ0v) is 13.9. The summed E-state index contributed by atoms with van der Waals surface area (Å²) < 4.78 is 0. The van der Waals surface area contributed by atoms with E-state index in [9.17, 15) is 0 Å². The first kappa shape index (κ1) is 21.2. The van der Waals surface area contributed by atoms with Gasteiger partial charge < -0.3 is 16.6 Å². The molecule has 1 aromatic carbocycles. The molecular formula is C17H34N2O. The first-order valence-electron chi connectivity index (χ1n) is 7.56. The molecule has 0 radical (unpaired) electrons. The van der Waals surface area contributed by atoms with Crippen LogP contribution < -0.4 is 11.5 Å². The molecule has 0 amide bonds. The smallest absolute Gasteiger partial charge is 0.0433 e. The average molecular weight is 282 g/mol. The topological polar surface area (TPSA) is 72.3 Å². The highest BCUT2D eigenvalue weighted by atomic mass is 16.3. The van der Waals surface area contributed by atoms with E-state index in [0.29, 0.717) is 6.61 Å². The van der Waals surface area contributed by atoms with E-state index in [1.54, 1.807) is 0 Å². The van der Waals surface area contributed by atoms with Gasteiger partial charge in [-0.05, 0) is 44.9 Å². The second-order valence-electron chi connectivity index (χ2n) is 4.94. The minimum Gasteiger partial charge on any atom is -0.399 e. The van der Waals surface area contributed by atoms with Gasteiger partial charge in [0.05, 0.1) is 0 Å². The Morgan fingerprint density at radius 1 is 1.10 bits per heavy atom. The number of aliphatic hydroxyl groups excluding tert-OH is 1. The molecular weight excluding hydrogens is 248 g/mol. The third-order valence-electron chi connectivity index (χ3n) is 3.24. The van der Waals surface area contributed by atoms with E-state index in [4.69, 9.17) is 10.8 Å². The molecule has 0 saturated heterocycles. The summed E-state index contributed by atoms with van der Waals surface area (Å²) in [7, 11) is 1.50. The maximum Gasteiger partial charge on any atom is 0.0433 e. The Bertz CT molecular complexity index is 321. The Hall–Kier alpha value is -1.06. The summed E-state index contributed by atoms with van der Waals surface area (Å²) in [5.41, 5.74) is 13.4. The van der Waals surface area contributed by atoms with E-state index in [1.165, 1.54) is 31.9 Å². The van der Waals surface area contributed by atoms with Crippen molar-refractivity contribution in [3.8, 4) is 0 Å². The molecule has 0 fully saturated rings. The Kier molecular flexibility index (Phi) is 15.2. The first-order valence-corrected chi connectivity index (χ1v) is 7.56. The molecule has 0 spiro atoms. The van der Waals surface area contributed by atoms with Gasteiger partial charge in [-0.3, -0.25) is 0 Å². The van der Waals surface area contributed by atoms with Crippen molar-refractivity contribution in [2.24, 2.45) is 11.7 Å². The van der Waals surface area contributed by atoms with Crippen LogP contribution in [0.5, 0.6) is 0 Å². The third-order valence-corrected chi connectivity index (χ3v) is 3.24. The van der Waals surface area contributed by atoms with Crippen LogP contribution in [0.1, 0.15) is 50.7 Å². The van der Waals surface area contributed by atoms with Gasteiger partial charge in [0, 0.05) is 12.3 Å². The fourth-order valence-corrected chi connectivity index (χ4v) is 1.97. The van der Waals surface area contributed by atoms with Gasteiger partial charge >= 0.3 is 0 Å². The molecule has 1 unspecified atom stereocenters. The standard InChI is InChI=1S/C8H11N.C8H18O.CH5N/c1-6-3-4-8(9)7(2)5-6;1-3-5-8(4-2)6-7-9;1-2/h3-5H,9H2,1-2H3;8-9H,3-7H2,1-2H3;2H2,1H3. The van der Waals surface area contributed by atoms with Crippen LogP contribution in [0.15, 0.2) is 18.2 Å². The van der Waals surface area contributed by atoms with Crippen LogP contribution >= 0.6 is 0 Å². The summed E-state index contributed by atoms with van der Waals surface area (Å²) in [6.45, 7) is 8.82. The molecule has 0 aliphatic carbocycles. The SMILES string of the molecule is CCCC(CC)CCO.CN.Cc1ccc(N)c(C)c1. The summed E-state index contributed by atoms with van der Waals surface area (Å²) in [6, 6.07) is 6.03. The number of aliphatic hydroxyl groups is 1. The molecule has 20 heavy (non-hydrogen) atoms. The summed E-state index contributed by atoms with van der Waals surface area (Å²) in [5.74, 6) is 0.764. The highest BCUT2D eigenvalue weighted by Crippen LogP contribution is 2.13. The van der Waals surface area contributed by atoms with Crippen molar-refractivity contribution in [3.05, 3.63) is 29.3 Å². The molecule has 0 heterocycles. The lowest BCUT2D eigenvalue weighted by atomic mass is 9.98. The maximum absolute atomic E-state index is 8.59. The number of aryl methyl sites for hydroxylation is 2. The largest absolute Gasteiger partial charge is 0.399 e. The number of rotatable bonds is 5. The second kappa shape index (κ2) is 14.4. The normalized spacial score (nSPS) is 10.8. The van der Waals surface area contributed by atoms with Crippen molar-refractivity contribution in [2.45, 2.75) is 53.4 Å². The van der Waals surface area contributed by atoms with Gasteiger partial charge in [0.25, 0.3) is 0 Å². The number of nitrogens with two attached hydrogens (primary N) is 2. The average Bonchev–Trinajstić information content (AvgIpc) is 2.46. The van der Waals surface area contributed by atoms with Crippen molar-refractivity contribution in [1.82, 2.24) is 0 Å². The number of benzene rings is 1. The molecule has 1 atom stereocenters. The van der Waals surface area contributed by atoms with E-state index in [-0.39, 0.29) is 0 Å². The minimum absolute atomic E-state index is 0.360. The van der Waals surface area contributed by atoms with Crippen molar-refractivity contribution in [1.29, 1.82) is 0 Å². The van der Waals surface area contributed by atoms with Crippen LogP contribution in [0, 0.1) is 19.8 Å². The van der Waals surface area contributed by atoms with Crippen LogP contribution in [0.25, 0.3) is 0 Å². The van der Waals surface area contributed by atoms with E-state index in [1.807, 2.05) is 19.1 Å². The Labute approximate surface area is 125 Å². The molecule has 118 valence electrons. The zero-order valence-electron chi connectivity index (χ0n) is 13.9. The molecule has 0 aliphatic heterocycles. The fourth-order valence-electron chi connectivity index (χ4n) is 1.97. The lowest BCUT2D eigenvalue weighted by Crippen LogP contribution is -2.00. The molecule has 3 nitrogen and oxygen atoms in total. The van der Waals surface area contributed by atoms with Crippen LogP contribution in [0.3, 0.4) is 0 Å². The van der Waals surface area contributed by atoms with Crippen molar-refractivity contribution < 1.29 is 5.11 Å². The zero-order chi connectivity index (χ0) is 16.0. The van der Waals surface area contributed by atoms with Gasteiger partial charge in [-0.25, -0.2) is 0 Å². The van der Waals surface area contributed by atoms with E-state index in [0.717, 1.165) is 23.6 Å². The van der Waals surface area contributed by atoms with Gasteiger partial charge in [-0.1, -0.05) is 50.8 Å². The molecule has 5 N–H and O–H groups in total. The third kappa shape index (κ3) is 10.8. The minimum atomic E-state index is 0.360. The lowest BCUT2D eigenvalue weighted by molar-refractivity contribution is 0.248. The van der Waals surface area contributed by atoms with E-state index in [2.05, 4.69) is 32.6 Å². The lowest BCUT2D eigenvalue weighted by Gasteiger charge is -2.10. The maximum atomic E-state index is 8.59. The van der Waals surface area contributed by atoms with Crippen LogP contribution in [0.4, 0.5) is 5.69 Å². The van der Waals surface area contributed by atoms with Crippen molar-refractivity contribution in [2.75, 3.05) is 19.4 Å². The Balaban J connectivity index is 0. The van der Waals surface area contributed by atoms with Crippen molar-refractivity contribution in [3.63, 3.8) is 0 Å². The number of hydrogen-bond acceptors (Lipinski definition) is 3. The van der Waals surface area contributed by atoms with Gasteiger partial charge in [0.1, 0.15) is 0 Å². The molecule has 0 bridgehead atoms. The van der Waals surface area contributed by atoms with E-state index < -0.39 is 0 Å². The molecule has 0 aliphatic rings. The second-order valence-corrected chi connectivity index (χ2v) is 4.94. The van der Waals surface area contributed by atoms with Gasteiger partial charge in [-0.2, -0.15) is 0 Å². The molecule has 1 aromatic rings. The Morgan fingerprint density at radius 2 is 1.70 bits per heavy atom. The van der Waals surface area contributed by atoms with Crippen LogP contribution in [-0.4, -0.2) is 18.8 Å². The summed E-state index contributed by atoms with van der Waals surface area (Å²) in [6.07, 6.45) is 4.73. The number of nitrogen functional groups attached to an aromatic ring is 1. The van der Waals surface area contributed by atoms with Gasteiger partial charge in [0.15, 0.2) is 0 Å². The number of hydrogen-bond donors (Lipinski definition) is 3. The molecule has 3 heteroatoms. The Morgan fingerprint density at radius 3 is 2.05 bits per heavy atom. The van der Waals surface area contributed by atoms with Crippen molar-refractivity contribution >= 4 is 5.69 Å². The quantitative estimate of drug-likeness (QED) is 0.722. The monoisotopic (exact) mass is 282 g/mol. The summed E-state index contributed by atoms with van der Waals surface area (Å²) >= 11 is 0. The van der Waals surface area contributed by atoms with E-state index >= 15 is 0 Å². The molecule has 0 aromatic heterocycles. The first-order chi connectivity index (χ1) is 9.54. The fraction of sp³-hybridized carbons (Fsp3) is 0.647. The number of anilines is 1. The molecule has 1 rings (SSSR count). The highest BCUT2D eigenvalue weighted by molar-refractivity contribution is 5.47. The predicted octanol–water partition coefficient (Wildman–Crippen LogP) is 3.66. The van der Waals surface area contributed by atoms with Gasteiger partial charge in [-0.15, -0.1) is 0 Å².